The molecule has 1 heterocycles. The van der Waals surface area contributed by atoms with E-state index in [2.05, 4.69) is 26.3 Å². The van der Waals surface area contributed by atoms with E-state index >= 15 is 0 Å². The number of carbonyl (C=O) groups is 1. The molecule has 2 aromatic carbocycles. The minimum absolute atomic E-state index is 0.168. The number of nitrogens with zero attached hydrogens (tertiary/aromatic N) is 2. The van der Waals surface area contributed by atoms with Crippen molar-refractivity contribution in [1.29, 1.82) is 0 Å². The molecule has 3 aromatic rings. The van der Waals surface area contributed by atoms with Crippen LogP contribution in [-0.2, 0) is 17.8 Å². The van der Waals surface area contributed by atoms with Gasteiger partial charge in [-0.3, -0.25) is 9.48 Å². The van der Waals surface area contributed by atoms with E-state index < -0.39 is 0 Å². The molecule has 0 fully saturated rings. The number of halogens is 2. The van der Waals surface area contributed by atoms with Gasteiger partial charge in [0.15, 0.2) is 17.3 Å². The van der Waals surface area contributed by atoms with Crippen LogP contribution in [0.4, 0.5) is 5.82 Å². The zero-order valence-corrected chi connectivity index (χ0v) is 19.2. The number of aromatic nitrogens is 2. The van der Waals surface area contributed by atoms with E-state index in [1.54, 1.807) is 4.68 Å². The predicted molar refractivity (Wildman–Crippen MR) is 122 cm³/mol. The summed E-state index contributed by atoms with van der Waals surface area (Å²) in [6, 6.07) is 13.1. The van der Waals surface area contributed by atoms with Gasteiger partial charge in [-0.2, -0.15) is 5.10 Å². The first-order chi connectivity index (χ1) is 14.5. The normalized spacial score (nSPS) is 10.7. The van der Waals surface area contributed by atoms with Gasteiger partial charge in [-0.05, 0) is 65.2 Å². The van der Waals surface area contributed by atoms with Crippen molar-refractivity contribution in [2.45, 2.75) is 26.8 Å². The van der Waals surface area contributed by atoms with Gasteiger partial charge in [0.2, 0.25) is 5.91 Å². The van der Waals surface area contributed by atoms with Gasteiger partial charge in [-0.1, -0.05) is 29.8 Å². The Labute approximate surface area is 189 Å². The molecule has 0 saturated heterocycles. The van der Waals surface area contributed by atoms with Crippen LogP contribution in [0.1, 0.15) is 25.0 Å². The van der Waals surface area contributed by atoms with Crippen LogP contribution >= 0.6 is 27.5 Å². The molecule has 6 nitrogen and oxygen atoms in total. The lowest BCUT2D eigenvalue weighted by Crippen LogP contribution is -2.15. The summed E-state index contributed by atoms with van der Waals surface area (Å²) in [5.74, 6) is 1.62. The highest BCUT2D eigenvalue weighted by Crippen LogP contribution is 2.29. The average Bonchev–Trinajstić information content (AvgIpc) is 3.04. The third-order valence-corrected chi connectivity index (χ3v) is 5.04. The minimum Gasteiger partial charge on any atom is -0.490 e. The topological polar surface area (TPSA) is 65.4 Å². The van der Waals surface area contributed by atoms with Crippen LogP contribution in [0.15, 0.2) is 53.1 Å². The van der Waals surface area contributed by atoms with Crippen LogP contribution in [0.25, 0.3) is 0 Å². The van der Waals surface area contributed by atoms with Crippen LogP contribution in [0.5, 0.6) is 11.5 Å². The summed E-state index contributed by atoms with van der Waals surface area (Å²) in [5, 5.41) is 8.00. The Morgan fingerprint density at radius 3 is 2.43 bits per heavy atom. The Hall–Kier alpha value is -2.51. The van der Waals surface area contributed by atoms with E-state index in [1.165, 1.54) is 0 Å². The maximum atomic E-state index is 12.6. The molecule has 3 rings (SSSR count). The van der Waals surface area contributed by atoms with Crippen molar-refractivity contribution in [3.63, 3.8) is 0 Å². The molecular weight excluding hydrogens is 470 g/mol. The van der Waals surface area contributed by atoms with E-state index in [4.69, 9.17) is 21.1 Å². The third kappa shape index (κ3) is 6.00. The van der Waals surface area contributed by atoms with Crippen molar-refractivity contribution >= 4 is 39.3 Å². The fourth-order valence-corrected chi connectivity index (χ4v) is 3.45. The first kappa shape index (κ1) is 22.2. The van der Waals surface area contributed by atoms with Gasteiger partial charge in [0.05, 0.1) is 30.7 Å². The molecule has 0 aliphatic heterocycles. The molecule has 158 valence electrons. The van der Waals surface area contributed by atoms with Crippen molar-refractivity contribution in [3.8, 4) is 11.5 Å². The minimum atomic E-state index is -0.168. The van der Waals surface area contributed by atoms with Crippen LogP contribution in [0.3, 0.4) is 0 Å². The molecular formula is C22H23BrClN3O3. The summed E-state index contributed by atoms with van der Waals surface area (Å²) in [6.07, 6.45) is 2.03. The second kappa shape index (κ2) is 10.5. The summed E-state index contributed by atoms with van der Waals surface area (Å²) in [4.78, 5) is 12.6. The quantitative estimate of drug-likeness (QED) is 0.439. The van der Waals surface area contributed by atoms with E-state index in [0.29, 0.717) is 46.6 Å². The van der Waals surface area contributed by atoms with Crippen molar-refractivity contribution in [2.75, 3.05) is 18.5 Å². The van der Waals surface area contributed by atoms with Crippen molar-refractivity contribution in [2.24, 2.45) is 0 Å². The van der Waals surface area contributed by atoms with E-state index in [9.17, 15) is 4.79 Å². The van der Waals surface area contributed by atoms with Gasteiger partial charge in [-0.25, -0.2) is 0 Å². The molecule has 0 spiro atoms. The van der Waals surface area contributed by atoms with Crippen LogP contribution < -0.4 is 14.8 Å². The number of amides is 1. The summed E-state index contributed by atoms with van der Waals surface area (Å²) in [5.41, 5.74) is 1.89. The number of rotatable bonds is 9. The predicted octanol–water partition coefficient (Wildman–Crippen LogP) is 5.33. The number of anilines is 1. The molecule has 0 radical (unpaired) electrons. The molecule has 0 aliphatic rings. The van der Waals surface area contributed by atoms with Gasteiger partial charge in [-0.15, -0.1) is 0 Å². The van der Waals surface area contributed by atoms with Crippen molar-refractivity contribution in [3.05, 3.63) is 69.3 Å². The zero-order valence-electron chi connectivity index (χ0n) is 16.8. The largest absolute Gasteiger partial charge is 0.490 e. The molecule has 0 saturated carbocycles. The Morgan fingerprint density at radius 1 is 1.07 bits per heavy atom. The zero-order chi connectivity index (χ0) is 21.5. The lowest BCUT2D eigenvalue weighted by atomic mass is 10.1. The maximum Gasteiger partial charge on any atom is 0.230 e. The third-order valence-electron chi connectivity index (χ3n) is 4.21. The fraction of sp³-hybridized carbons (Fsp3) is 0.273. The molecule has 1 N–H and O–H groups in total. The molecule has 0 unspecified atom stereocenters. The summed E-state index contributed by atoms with van der Waals surface area (Å²) >= 11 is 9.39. The standard InChI is InChI=1S/C22H23BrClN3O3/c1-3-29-19-10-7-16(11-20(19)30-4-2)12-21(28)25-22-18(23)14-27(26-22)13-15-5-8-17(24)9-6-15/h5-11,14H,3-4,12-13H2,1-2H3,(H,25,26,28). The Bertz CT molecular complexity index is 1010. The number of carbonyl (C=O) groups excluding carboxylic acids is 1. The number of hydrogen-bond donors (Lipinski definition) is 1. The highest BCUT2D eigenvalue weighted by atomic mass is 79.9. The Balaban J connectivity index is 1.65. The first-order valence-electron chi connectivity index (χ1n) is 9.64. The summed E-state index contributed by atoms with van der Waals surface area (Å²) < 4.78 is 13.7. The Kier molecular flexibility index (Phi) is 7.76. The van der Waals surface area contributed by atoms with Crippen LogP contribution in [0.2, 0.25) is 5.02 Å². The van der Waals surface area contributed by atoms with E-state index in [-0.39, 0.29) is 12.3 Å². The number of benzene rings is 2. The lowest BCUT2D eigenvalue weighted by Gasteiger charge is -2.12. The lowest BCUT2D eigenvalue weighted by molar-refractivity contribution is -0.115. The van der Waals surface area contributed by atoms with Crippen LogP contribution in [0, 0.1) is 0 Å². The highest BCUT2D eigenvalue weighted by molar-refractivity contribution is 9.10. The number of hydrogen-bond acceptors (Lipinski definition) is 4. The molecule has 1 aromatic heterocycles. The van der Waals surface area contributed by atoms with Gasteiger partial charge in [0, 0.05) is 11.2 Å². The van der Waals surface area contributed by atoms with E-state index in [1.807, 2.05) is 62.5 Å². The molecule has 0 bridgehead atoms. The maximum absolute atomic E-state index is 12.6. The van der Waals surface area contributed by atoms with Crippen molar-refractivity contribution < 1.29 is 14.3 Å². The SMILES string of the molecule is CCOc1ccc(CC(=O)Nc2nn(Cc3ccc(Cl)cc3)cc2Br)cc1OCC. The van der Waals surface area contributed by atoms with Gasteiger partial charge >= 0.3 is 0 Å². The molecule has 1 amide bonds. The van der Waals surface area contributed by atoms with Gasteiger partial charge in [0.25, 0.3) is 0 Å². The van der Waals surface area contributed by atoms with Gasteiger partial charge in [0.1, 0.15) is 0 Å². The monoisotopic (exact) mass is 491 g/mol. The summed E-state index contributed by atoms with van der Waals surface area (Å²) in [7, 11) is 0. The smallest absolute Gasteiger partial charge is 0.230 e. The second-order valence-corrected chi connectivity index (χ2v) is 7.81. The molecule has 0 aliphatic carbocycles. The Morgan fingerprint density at radius 2 is 1.73 bits per heavy atom. The number of nitrogens with one attached hydrogen (secondary N) is 1. The van der Waals surface area contributed by atoms with Crippen molar-refractivity contribution in [1.82, 2.24) is 9.78 Å². The second-order valence-electron chi connectivity index (χ2n) is 6.52. The molecule has 30 heavy (non-hydrogen) atoms. The fourth-order valence-electron chi connectivity index (χ4n) is 2.91. The highest BCUT2D eigenvalue weighted by Gasteiger charge is 2.13. The molecule has 8 heteroatoms. The molecule has 0 atom stereocenters. The number of ether oxygens (including phenoxy) is 2. The first-order valence-corrected chi connectivity index (χ1v) is 10.8. The van der Waals surface area contributed by atoms with Gasteiger partial charge < -0.3 is 14.8 Å². The average molecular weight is 493 g/mol. The van der Waals surface area contributed by atoms with Crippen LogP contribution in [-0.4, -0.2) is 28.9 Å². The summed E-state index contributed by atoms with van der Waals surface area (Å²) in [6.45, 7) is 5.47. The van der Waals surface area contributed by atoms with E-state index in [0.717, 1.165) is 11.1 Å².